The average Bonchev–Trinajstić information content (AvgIpc) is 2.21. The maximum absolute atomic E-state index is 10.5. The molecule has 1 atom stereocenters. The van der Waals surface area contributed by atoms with Crippen molar-refractivity contribution in [3.8, 4) is 0 Å². The van der Waals surface area contributed by atoms with Crippen LogP contribution in [0.2, 0.25) is 0 Å². The molecule has 1 amide bonds. The topological polar surface area (TPSA) is 46.3 Å². The summed E-state index contributed by atoms with van der Waals surface area (Å²) in [6.45, 7) is 9.84. The lowest BCUT2D eigenvalue weighted by atomic mass is 10.0. The van der Waals surface area contributed by atoms with Gasteiger partial charge in [-0.15, -0.1) is 0 Å². The molecule has 2 N–H and O–H groups in total. The van der Waals surface area contributed by atoms with E-state index in [1.165, 1.54) is 12.5 Å². The molecule has 0 aliphatic carbocycles. The summed E-state index contributed by atoms with van der Waals surface area (Å²) >= 11 is 0. The number of hydrogen-bond acceptors (Lipinski definition) is 2. The number of nitrogens with two attached hydrogens (primary N) is 1. The van der Waals surface area contributed by atoms with Crippen LogP contribution in [0, 0.1) is 5.92 Å². The molecule has 0 aromatic rings. The number of carbonyl (C=O) groups is 1. The van der Waals surface area contributed by atoms with Crippen molar-refractivity contribution in [2.75, 3.05) is 19.6 Å². The fourth-order valence-electron chi connectivity index (χ4n) is 1.53. The van der Waals surface area contributed by atoms with Crippen LogP contribution in [-0.2, 0) is 4.79 Å². The van der Waals surface area contributed by atoms with Gasteiger partial charge >= 0.3 is 0 Å². The maximum Gasteiger partial charge on any atom is 0.241 e. The lowest BCUT2D eigenvalue weighted by molar-refractivity contribution is -0.113. The van der Waals surface area contributed by atoms with Crippen molar-refractivity contribution in [3.63, 3.8) is 0 Å². The van der Waals surface area contributed by atoms with Gasteiger partial charge in [-0.25, -0.2) is 0 Å². The first-order valence-corrected chi connectivity index (χ1v) is 5.80. The highest BCUT2D eigenvalue weighted by atomic mass is 16.1. The predicted molar refractivity (Wildman–Crippen MR) is 64.5 cm³/mol. The Morgan fingerprint density at radius 2 is 2.00 bits per heavy atom. The molecular weight excluding hydrogens is 188 g/mol. The minimum atomic E-state index is -0.356. The molecule has 0 aliphatic rings. The SMILES string of the molecule is CCN(CC)CCCC(C)C=CC(N)=O. The van der Waals surface area contributed by atoms with Gasteiger partial charge in [0, 0.05) is 0 Å². The highest BCUT2D eigenvalue weighted by Crippen LogP contribution is 2.07. The molecule has 0 aliphatic heterocycles. The van der Waals surface area contributed by atoms with Crippen LogP contribution in [0.25, 0.3) is 0 Å². The fraction of sp³-hybridized carbons (Fsp3) is 0.750. The largest absolute Gasteiger partial charge is 0.366 e. The lowest BCUT2D eigenvalue weighted by Gasteiger charge is -2.18. The summed E-state index contributed by atoms with van der Waals surface area (Å²) in [7, 11) is 0. The molecule has 3 heteroatoms. The van der Waals surface area contributed by atoms with E-state index in [-0.39, 0.29) is 5.91 Å². The quantitative estimate of drug-likeness (QED) is 0.623. The summed E-state index contributed by atoms with van der Waals surface area (Å²) in [6, 6.07) is 0. The third-order valence-electron chi connectivity index (χ3n) is 2.62. The third kappa shape index (κ3) is 8.18. The molecule has 0 aromatic carbocycles. The Balaban J connectivity index is 3.62. The molecule has 0 aromatic heterocycles. The number of primary amides is 1. The Kier molecular flexibility index (Phi) is 8.01. The van der Waals surface area contributed by atoms with E-state index in [4.69, 9.17) is 5.73 Å². The van der Waals surface area contributed by atoms with Gasteiger partial charge in [-0.2, -0.15) is 0 Å². The van der Waals surface area contributed by atoms with Crippen molar-refractivity contribution in [2.24, 2.45) is 11.7 Å². The zero-order chi connectivity index (χ0) is 11.7. The van der Waals surface area contributed by atoms with Gasteiger partial charge in [0.05, 0.1) is 0 Å². The number of hydrogen-bond donors (Lipinski definition) is 1. The van der Waals surface area contributed by atoms with Gasteiger partial charge in [0.15, 0.2) is 0 Å². The first-order valence-electron chi connectivity index (χ1n) is 5.80. The molecule has 0 fully saturated rings. The zero-order valence-electron chi connectivity index (χ0n) is 10.2. The summed E-state index contributed by atoms with van der Waals surface area (Å²) < 4.78 is 0. The Bertz CT molecular complexity index is 198. The Morgan fingerprint density at radius 3 is 2.47 bits per heavy atom. The van der Waals surface area contributed by atoms with E-state index < -0.39 is 0 Å². The van der Waals surface area contributed by atoms with Crippen molar-refractivity contribution in [1.82, 2.24) is 4.90 Å². The first-order chi connectivity index (χ1) is 7.10. The molecule has 0 saturated heterocycles. The first kappa shape index (κ1) is 14.2. The Hall–Kier alpha value is -0.830. The highest BCUT2D eigenvalue weighted by Gasteiger charge is 2.01. The van der Waals surface area contributed by atoms with Gasteiger partial charge in [-0.05, 0) is 44.5 Å². The zero-order valence-corrected chi connectivity index (χ0v) is 10.2. The van der Waals surface area contributed by atoms with E-state index in [0.29, 0.717) is 5.92 Å². The molecule has 88 valence electrons. The normalized spacial score (nSPS) is 13.6. The van der Waals surface area contributed by atoms with Gasteiger partial charge in [0.2, 0.25) is 5.91 Å². The van der Waals surface area contributed by atoms with Gasteiger partial charge < -0.3 is 10.6 Å². The van der Waals surface area contributed by atoms with Gasteiger partial charge in [-0.1, -0.05) is 26.8 Å². The second kappa shape index (κ2) is 8.48. The molecular formula is C12H24N2O. The number of nitrogens with zero attached hydrogens (tertiary/aromatic N) is 1. The molecule has 3 nitrogen and oxygen atoms in total. The molecule has 15 heavy (non-hydrogen) atoms. The third-order valence-corrected chi connectivity index (χ3v) is 2.62. The van der Waals surface area contributed by atoms with Gasteiger partial charge in [0.1, 0.15) is 0 Å². The molecule has 1 unspecified atom stereocenters. The number of allylic oxidation sites excluding steroid dienone is 1. The average molecular weight is 212 g/mol. The summed E-state index contributed by atoms with van der Waals surface area (Å²) in [5.41, 5.74) is 5.03. The second-order valence-electron chi connectivity index (χ2n) is 3.91. The summed E-state index contributed by atoms with van der Waals surface area (Å²) in [4.78, 5) is 12.9. The van der Waals surface area contributed by atoms with Crippen LogP contribution >= 0.6 is 0 Å². The molecule has 0 saturated carbocycles. The fourth-order valence-corrected chi connectivity index (χ4v) is 1.53. The van der Waals surface area contributed by atoms with Gasteiger partial charge in [-0.3, -0.25) is 4.79 Å². The van der Waals surface area contributed by atoms with E-state index >= 15 is 0 Å². The van der Waals surface area contributed by atoms with Crippen LogP contribution in [0.15, 0.2) is 12.2 Å². The highest BCUT2D eigenvalue weighted by molar-refractivity contribution is 5.85. The van der Waals surface area contributed by atoms with E-state index in [0.717, 1.165) is 26.1 Å². The maximum atomic E-state index is 10.5. The van der Waals surface area contributed by atoms with Crippen LogP contribution in [0.4, 0.5) is 0 Å². The predicted octanol–water partition coefficient (Wildman–Crippen LogP) is 1.79. The number of rotatable bonds is 8. The molecule has 0 radical (unpaired) electrons. The molecule has 0 bridgehead atoms. The van der Waals surface area contributed by atoms with Crippen LogP contribution in [0.5, 0.6) is 0 Å². The summed E-state index contributed by atoms with van der Waals surface area (Å²) in [6.07, 6.45) is 5.64. The van der Waals surface area contributed by atoms with E-state index in [2.05, 4.69) is 25.7 Å². The van der Waals surface area contributed by atoms with E-state index in [1.54, 1.807) is 0 Å². The van der Waals surface area contributed by atoms with E-state index in [9.17, 15) is 4.79 Å². The summed E-state index contributed by atoms with van der Waals surface area (Å²) in [5, 5.41) is 0. The van der Waals surface area contributed by atoms with Crippen molar-refractivity contribution < 1.29 is 4.79 Å². The van der Waals surface area contributed by atoms with Crippen LogP contribution in [-0.4, -0.2) is 30.4 Å². The monoisotopic (exact) mass is 212 g/mol. The minimum absolute atomic E-state index is 0.356. The second-order valence-corrected chi connectivity index (χ2v) is 3.91. The van der Waals surface area contributed by atoms with Crippen molar-refractivity contribution in [3.05, 3.63) is 12.2 Å². The van der Waals surface area contributed by atoms with Crippen molar-refractivity contribution >= 4 is 5.91 Å². The number of amides is 1. The molecule has 0 rings (SSSR count). The Labute approximate surface area is 93.3 Å². The van der Waals surface area contributed by atoms with E-state index in [1.807, 2.05) is 6.08 Å². The smallest absolute Gasteiger partial charge is 0.241 e. The standard InChI is InChI=1S/C12H24N2O/c1-4-14(5-2)10-6-7-11(3)8-9-12(13)15/h8-9,11H,4-7,10H2,1-3H3,(H2,13,15). The van der Waals surface area contributed by atoms with Crippen LogP contribution in [0.1, 0.15) is 33.6 Å². The Morgan fingerprint density at radius 1 is 1.40 bits per heavy atom. The minimum Gasteiger partial charge on any atom is -0.366 e. The van der Waals surface area contributed by atoms with Crippen molar-refractivity contribution in [2.45, 2.75) is 33.6 Å². The summed E-state index contributed by atoms with van der Waals surface area (Å²) in [5.74, 6) is 0.0821. The van der Waals surface area contributed by atoms with Crippen LogP contribution < -0.4 is 5.73 Å². The number of carbonyl (C=O) groups excluding carboxylic acids is 1. The van der Waals surface area contributed by atoms with Crippen molar-refractivity contribution in [1.29, 1.82) is 0 Å². The van der Waals surface area contributed by atoms with Crippen LogP contribution in [0.3, 0.4) is 0 Å². The van der Waals surface area contributed by atoms with Gasteiger partial charge in [0.25, 0.3) is 0 Å². The molecule has 0 spiro atoms. The molecule has 0 heterocycles. The lowest BCUT2D eigenvalue weighted by Crippen LogP contribution is -2.24.